The van der Waals surface area contributed by atoms with Gasteiger partial charge in [0, 0.05) is 5.56 Å². The summed E-state index contributed by atoms with van der Waals surface area (Å²) in [6.07, 6.45) is 1.89. The van der Waals surface area contributed by atoms with E-state index in [0.717, 1.165) is 18.2 Å². The van der Waals surface area contributed by atoms with Crippen LogP contribution in [0.15, 0.2) is 24.3 Å². The molecule has 0 saturated heterocycles. The van der Waals surface area contributed by atoms with Crippen molar-refractivity contribution in [1.29, 1.82) is 0 Å². The number of rotatable bonds is 4. The van der Waals surface area contributed by atoms with Crippen molar-refractivity contribution >= 4 is 15.9 Å². The van der Waals surface area contributed by atoms with Crippen LogP contribution in [0.25, 0.3) is 0 Å². The maximum atomic E-state index is 11.5. The number of benzene rings is 1. The van der Waals surface area contributed by atoms with Gasteiger partial charge in [0.2, 0.25) is 10.0 Å². The number of hydrogen-bond donors (Lipinski definition) is 1. The molecule has 0 unspecified atom stereocenters. The molecule has 0 atom stereocenters. The lowest BCUT2D eigenvalue weighted by molar-refractivity contribution is 0.0981. The van der Waals surface area contributed by atoms with Crippen LogP contribution in [-0.4, -0.2) is 20.6 Å². The molecule has 1 N–H and O–H groups in total. The van der Waals surface area contributed by atoms with E-state index in [1.54, 1.807) is 12.1 Å². The molecule has 1 rings (SSSR count). The van der Waals surface area contributed by atoms with Crippen LogP contribution >= 0.6 is 0 Å². The third kappa shape index (κ3) is 4.99. The van der Waals surface area contributed by atoms with E-state index in [1.165, 1.54) is 0 Å². The van der Waals surface area contributed by atoms with Crippen LogP contribution in [0.2, 0.25) is 0 Å². The lowest BCUT2D eigenvalue weighted by atomic mass is 10.0. The summed E-state index contributed by atoms with van der Waals surface area (Å²) in [6.45, 7) is 4.23. The van der Waals surface area contributed by atoms with Gasteiger partial charge in [0.25, 0.3) is 5.91 Å². The normalized spacial score (nSPS) is 11.5. The Morgan fingerprint density at radius 1 is 1.24 bits per heavy atom. The number of nitrogens with one attached hydrogen (secondary N) is 1. The van der Waals surface area contributed by atoms with Gasteiger partial charge in [0.1, 0.15) is 0 Å². The molecule has 5 heteroatoms. The fraction of sp³-hybridized carbons (Fsp3) is 0.417. The summed E-state index contributed by atoms with van der Waals surface area (Å²) >= 11 is 0. The van der Waals surface area contributed by atoms with Gasteiger partial charge in [0.15, 0.2) is 0 Å². The summed E-state index contributed by atoms with van der Waals surface area (Å²) in [5.41, 5.74) is 1.49. The molecule has 0 aromatic heterocycles. The summed E-state index contributed by atoms with van der Waals surface area (Å²) in [5, 5.41) is 0. The fourth-order valence-electron chi connectivity index (χ4n) is 1.49. The standard InChI is InChI=1S/C12H17NO3S/c1-9(2)8-10-4-6-11(7-5-10)12(14)13-17(3,15)16/h4-7,9H,8H2,1-3H3,(H,13,14). The number of carbonyl (C=O) groups excluding carboxylic acids is 1. The van der Waals surface area contributed by atoms with E-state index in [9.17, 15) is 13.2 Å². The van der Waals surface area contributed by atoms with Crippen molar-refractivity contribution in [2.75, 3.05) is 6.26 Å². The van der Waals surface area contributed by atoms with E-state index in [0.29, 0.717) is 11.5 Å². The molecule has 1 aromatic rings. The second-order valence-electron chi connectivity index (χ2n) is 4.50. The first-order valence-electron chi connectivity index (χ1n) is 5.39. The Balaban J connectivity index is 2.77. The molecule has 0 heterocycles. The summed E-state index contributed by atoms with van der Waals surface area (Å²) in [7, 11) is -3.50. The topological polar surface area (TPSA) is 63.2 Å². The molecule has 1 aromatic carbocycles. The Bertz CT molecular complexity index is 489. The van der Waals surface area contributed by atoms with Gasteiger partial charge >= 0.3 is 0 Å². The van der Waals surface area contributed by atoms with Gasteiger partial charge in [-0.15, -0.1) is 0 Å². The lowest BCUT2D eigenvalue weighted by Gasteiger charge is -2.06. The van der Waals surface area contributed by atoms with Crippen LogP contribution in [0.5, 0.6) is 0 Å². The molecule has 94 valence electrons. The van der Waals surface area contributed by atoms with Gasteiger partial charge in [-0.3, -0.25) is 4.79 Å². The van der Waals surface area contributed by atoms with Gasteiger partial charge in [-0.25, -0.2) is 13.1 Å². The molecular formula is C12H17NO3S. The minimum Gasteiger partial charge on any atom is -0.268 e. The predicted molar refractivity (Wildman–Crippen MR) is 67.3 cm³/mol. The van der Waals surface area contributed by atoms with Crippen molar-refractivity contribution in [1.82, 2.24) is 4.72 Å². The highest BCUT2D eigenvalue weighted by molar-refractivity contribution is 7.89. The predicted octanol–water partition coefficient (Wildman–Crippen LogP) is 1.57. The van der Waals surface area contributed by atoms with Crippen molar-refractivity contribution < 1.29 is 13.2 Å². The second-order valence-corrected chi connectivity index (χ2v) is 6.25. The zero-order valence-electron chi connectivity index (χ0n) is 10.2. The van der Waals surface area contributed by atoms with Crippen molar-refractivity contribution in [2.24, 2.45) is 5.92 Å². The minimum atomic E-state index is -3.50. The molecule has 0 spiro atoms. The van der Waals surface area contributed by atoms with Crippen LogP contribution in [0, 0.1) is 5.92 Å². The van der Waals surface area contributed by atoms with Crippen LogP contribution in [0.4, 0.5) is 0 Å². The largest absolute Gasteiger partial charge is 0.268 e. The van der Waals surface area contributed by atoms with Crippen LogP contribution < -0.4 is 4.72 Å². The van der Waals surface area contributed by atoms with E-state index in [4.69, 9.17) is 0 Å². The molecule has 0 aliphatic carbocycles. The maximum Gasteiger partial charge on any atom is 0.264 e. The Morgan fingerprint density at radius 2 is 1.76 bits per heavy atom. The summed E-state index contributed by atoms with van der Waals surface area (Å²) in [5.74, 6) is -0.0470. The summed E-state index contributed by atoms with van der Waals surface area (Å²) in [4.78, 5) is 11.5. The number of amides is 1. The molecule has 0 saturated carbocycles. The molecule has 1 amide bonds. The smallest absolute Gasteiger partial charge is 0.264 e. The Labute approximate surface area is 102 Å². The lowest BCUT2D eigenvalue weighted by Crippen LogP contribution is -2.29. The molecule has 17 heavy (non-hydrogen) atoms. The van der Waals surface area contributed by atoms with Gasteiger partial charge in [-0.1, -0.05) is 26.0 Å². The fourth-order valence-corrected chi connectivity index (χ4v) is 1.95. The van der Waals surface area contributed by atoms with Crippen molar-refractivity contribution in [3.8, 4) is 0 Å². The van der Waals surface area contributed by atoms with Gasteiger partial charge in [-0.2, -0.15) is 0 Å². The highest BCUT2D eigenvalue weighted by Crippen LogP contribution is 2.09. The van der Waals surface area contributed by atoms with Crippen molar-refractivity contribution in [3.63, 3.8) is 0 Å². The first-order chi connectivity index (χ1) is 7.78. The highest BCUT2D eigenvalue weighted by atomic mass is 32.2. The van der Waals surface area contributed by atoms with Crippen molar-refractivity contribution in [2.45, 2.75) is 20.3 Å². The van der Waals surface area contributed by atoms with E-state index in [-0.39, 0.29) is 0 Å². The molecule has 4 nitrogen and oxygen atoms in total. The number of sulfonamides is 1. The molecule has 0 radical (unpaired) electrons. The van der Waals surface area contributed by atoms with E-state index in [1.807, 2.05) is 16.9 Å². The quantitative estimate of drug-likeness (QED) is 0.888. The maximum absolute atomic E-state index is 11.5. The average Bonchev–Trinajstić information content (AvgIpc) is 2.15. The van der Waals surface area contributed by atoms with Crippen LogP contribution in [0.3, 0.4) is 0 Å². The van der Waals surface area contributed by atoms with Gasteiger partial charge in [-0.05, 0) is 30.0 Å². The molecular weight excluding hydrogens is 238 g/mol. The van der Waals surface area contributed by atoms with E-state index in [2.05, 4.69) is 13.8 Å². The zero-order chi connectivity index (χ0) is 13.1. The third-order valence-corrected chi connectivity index (χ3v) is 2.69. The molecule has 0 fully saturated rings. The Kier molecular flexibility index (Phi) is 4.28. The van der Waals surface area contributed by atoms with Gasteiger partial charge in [0.05, 0.1) is 6.26 Å². The van der Waals surface area contributed by atoms with Crippen LogP contribution in [0.1, 0.15) is 29.8 Å². The minimum absolute atomic E-state index is 0.350. The molecule has 0 bridgehead atoms. The molecule has 0 aliphatic rings. The van der Waals surface area contributed by atoms with Gasteiger partial charge < -0.3 is 0 Å². The monoisotopic (exact) mass is 255 g/mol. The first-order valence-corrected chi connectivity index (χ1v) is 7.28. The van der Waals surface area contributed by atoms with E-state index < -0.39 is 15.9 Å². The van der Waals surface area contributed by atoms with Crippen LogP contribution in [-0.2, 0) is 16.4 Å². The number of carbonyl (C=O) groups is 1. The highest BCUT2D eigenvalue weighted by Gasteiger charge is 2.10. The Morgan fingerprint density at radius 3 is 2.18 bits per heavy atom. The summed E-state index contributed by atoms with van der Waals surface area (Å²) < 4.78 is 23.7. The zero-order valence-corrected chi connectivity index (χ0v) is 11.0. The van der Waals surface area contributed by atoms with E-state index >= 15 is 0 Å². The Hall–Kier alpha value is -1.36. The number of hydrogen-bond acceptors (Lipinski definition) is 3. The second kappa shape index (κ2) is 5.31. The third-order valence-electron chi connectivity index (χ3n) is 2.14. The first kappa shape index (κ1) is 13.7. The molecule has 0 aliphatic heterocycles. The SMILES string of the molecule is CC(C)Cc1ccc(C(=O)NS(C)(=O)=O)cc1. The summed E-state index contributed by atoms with van der Waals surface area (Å²) in [6, 6.07) is 6.96. The van der Waals surface area contributed by atoms with Crippen molar-refractivity contribution in [3.05, 3.63) is 35.4 Å². The average molecular weight is 255 g/mol.